The molecular formula is C15H15ClN2. The maximum Gasteiger partial charge on any atom is 0.0744 e. The number of benzene rings is 2. The molecule has 1 atom stereocenters. The van der Waals surface area contributed by atoms with Crippen LogP contribution in [0.5, 0.6) is 0 Å². The summed E-state index contributed by atoms with van der Waals surface area (Å²) in [4.78, 5) is 2.27. The Morgan fingerprint density at radius 1 is 1.11 bits per heavy atom. The molecule has 0 saturated heterocycles. The summed E-state index contributed by atoms with van der Waals surface area (Å²) in [6.07, 6.45) is 1.04. The highest BCUT2D eigenvalue weighted by atomic mass is 35.5. The highest BCUT2D eigenvalue weighted by Crippen LogP contribution is 2.42. The van der Waals surface area contributed by atoms with Crippen LogP contribution in [-0.2, 0) is 6.42 Å². The van der Waals surface area contributed by atoms with E-state index in [1.165, 1.54) is 11.3 Å². The van der Waals surface area contributed by atoms with Crippen LogP contribution in [0.25, 0.3) is 0 Å². The first-order valence-corrected chi connectivity index (χ1v) is 6.47. The molecule has 0 saturated carbocycles. The van der Waals surface area contributed by atoms with E-state index in [-0.39, 0.29) is 0 Å². The van der Waals surface area contributed by atoms with Crippen LogP contribution in [0, 0.1) is 0 Å². The van der Waals surface area contributed by atoms with Crippen LogP contribution >= 0.6 is 11.6 Å². The average Bonchev–Trinajstić information content (AvgIpc) is 2.69. The van der Waals surface area contributed by atoms with Gasteiger partial charge in [0.05, 0.1) is 16.4 Å². The van der Waals surface area contributed by atoms with Crippen molar-refractivity contribution >= 4 is 28.7 Å². The Morgan fingerprint density at radius 2 is 1.83 bits per heavy atom. The van der Waals surface area contributed by atoms with Gasteiger partial charge in [0.15, 0.2) is 0 Å². The second kappa shape index (κ2) is 4.21. The van der Waals surface area contributed by atoms with E-state index in [1.807, 2.05) is 18.2 Å². The minimum atomic E-state index is 0.406. The summed E-state index contributed by atoms with van der Waals surface area (Å²) < 4.78 is 0. The molecule has 0 aromatic heterocycles. The monoisotopic (exact) mass is 258 g/mol. The average molecular weight is 259 g/mol. The first-order chi connectivity index (χ1) is 8.68. The van der Waals surface area contributed by atoms with Crippen molar-refractivity contribution in [3.8, 4) is 0 Å². The molecule has 0 bridgehead atoms. The van der Waals surface area contributed by atoms with Crippen molar-refractivity contribution in [1.82, 2.24) is 0 Å². The van der Waals surface area contributed by atoms with E-state index < -0.39 is 0 Å². The fraction of sp³-hybridized carbons (Fsp3) is 0.200. The van der Waals surface area contributed by atoms with Crippen molar-refractivity contribution in [2.45, 2.75) is 19.4 Å². The van der Waals surface area contributed by atoms with Crippen LogP contribution in [0.15, 0.2) is 42.5 Å². The molecule has 1 heterocycles. The maximum absolute atomic E-state index is 6.12. The number of nitrogens with zero attached hydrogens (tertiary/aromatic N) is 1. The van der Waals surface area contributed by atoms with Crippen molar-refractivity contribution in [2.24, 2.45) is 0 Å². The lowest BCUT2D eigenvalue weighted by Crippen LogP contribution is -2.24. The lowest BCUT2D eigenvalue weighted by Gasteiger charge is -2.26. The van der Waals surface area contributed by atoms with Gasteiger partial charge in [-0.3, -0.25) is 0 Å². The van der Waals surface area contributed by atoms with Crippen molar-refractivity contribution in [2.75, 3.05) is 10.6 Å². The van der Waals surface area contributed by atoms with Crippen LogP contribution in [-0.4, -0.2) is 6.04 Å². The van der Waals surface area contributed by atoms with Crippen molar-refractivity contribution in [3.63, 3.8) is 0 Å². The third kappa shape index (κ3) is 1.65. The van der Waals surface area contributed by atoms with Gasteiger partial charge in [0.25, 0.3) is 0 Å². The van der Waals surface area contributed by atoms with Crippen LogP contribution in [0.2, 0.25) is 5.02 Å². The first-order valence-electron chi connectivity index (χ1n) is 6.09. The van der Waals surface area contributed by atoms with E-state index in [4.69, 9.17) is 17.3 Å². The molecule has 2 nitrogen and oxygen atoms in total. The maximum atomic E-state index is 6.12. The molecule has 1 unspecified atom stereocenters. The smallest absolute Gasteiger partial charge is 0.0744 e. The number of hydrogen-bond acceptors (Lipinski definition) is 2. The number of nitrogen functional groups attached to an aromatic ring is 1. The van der Waals surface area contributed by atoms with Gasteiger partial charge in [-0.15, -0.1) is 0 Å². The van der Waals surface area contributed by atoms with Gasteiger partial charge in [0.2, 0.25) is 0 Å². The van der Waals surface area contributed by atoms with Crippen molar-refractivity contribution in [3.05, 3.63) is 53.1 Å². The summed E-state index contributed by atoms with van der Waals surface area (Å²) in [5.74, 6) is 0. The van der Waals surface area contributed by atoms with E-state index in [1.54, 1.807) is 0 Å². The molecule has 18 heavy (non-hydrogen) atoms. The predicted octanol–water partition coefficient (Wildman–Crippen LogP) is 4.00. The van der Waals surface area contributed by atoms with E-state index in [2.05, 4.69) is 36.1 Å². The van der Waals surface area contributed by atoms with Crippen LogP contribution in [0.1, 0.15) is 12.5 Å². The number of rotatable bonds is 1. The minimum Gasteiger partial charge on any atom is -0.396 e. The zero-order chi connectivity index (χ0) is 12.7. The summed E-state index contributed by atoms with van der Waals surface area (Å²) in [6.45, 7) is 2.21. The zero-order valence-electron chi connectivity index (χ0n) is 10.2. The summed E-state index contributed by atoms with van der Waals surface area (Å²) in [5, 5.41) is 0.615. The molecule has 0 amide bonds. The van der Waals surface area contributed by atoms with Crippen molar-refractivity contribution in [1.29, 1.82) is 0 Å². The number of halogens is 1. The third-order valence-electron chi connectivity index (χ3n) is 3.50. The van der Waals surface area contributed by atoms with Gasteiger partial charge < -0.3 is 10.6 Å². The molecule has 2 aromatic rings. The molecule has 3 heteroatoms. The second-order valence-corrected chi connectivity index (χ2v) is 5.13. The first kappa shape index (κ1) is 11.4. The Morgan fingerprint density at radius 3 is 2.67 bits per heavy atom. The molecule has 0 aliphatic carbocycles. The molecule has 2 N–H and O–H groups in total. The number of anilines is 3. The van der Waals surface area contributed by atoms with Crippen LogP contribution < -0.4 is 10.6 Å². The van der Waals surface area contributed by atoms with E-state index >= 15 is 0 Å². The molecule has 0 fully saturated rings. The van der Waals surface area contributed by atoms with Gasteiger partial charge in [-0.25, -0.2) is 0 Å². The summed E-state index contributed by atoms with van der Waals surface area (Å²) in [7, 11) is 0. The van der Waals surface area contributed by atoms with E-state index in [0.717, 1.165) is 12.1 Å². The molecule has 0 radical (unpaired) electrons. The van der Waals surface area contributed by atoms with Gasteiger partial charge in [-0.1, -0.05) is 35.9 Å². The molecule has 0 spiro atoms. The lowest BCUT2D eigenvalue weighted by molar-refractivity contribution is 0.759. The highest BCUT2D eigenvalue weighted by Gasteiger charge is 2.28. The van der Waals surface area contributed by atoms with Crippen LogP contribution in [0.3, 0.4) is 0 Å². The van der Waals surface area contributed by atoms with E-state index in [0.29, 0.717) is 16.8 Å². The minimum absolute atomic E-state index is 0.406. The number of para-hydroxylation sites is 2. The fourth-order valence-electron chi connectivity index (χ4n) is 2.67. The van der Waals surface area contributed by atoms with Gasteiger partial charge in [-0.05, 0) is 37.1 Å². The molecule has 92 valence electrons. The number of fused-ring (bicyclic) bond motifs is 1. The fourth-order valence-corrected chi connectivity index (χ4v) is 2.84. The zero-order valence-corrected chi connectivity index (χ0v) is 11.0. The second-order valence-electron chi connectivity index (χ2n) is 4.72. The van der Waals surface area contributed by atoms with Crippen molar-refractivity contribution < 1.29 is 0 Å². The lowest BCUT2D eigenvalue weighted by atomic mass is 10.1. The topological polar surface area (TPSA) is 29.3 Å². The van der Waals surface area contributed by atoms with Gasteiger partial charge in [0, 0.05) is 11.7 Å². The Bertz CT molecular complexity index is 595. The number of nitrogens with two attached hydrogens (primary N) is 1. The summed E-state index contributed by atoms with van der Waals surface area (Å²) in [6, 6.07) is 14.7. The highest BCUT2D eigenvalue weighted by molar-refractivity contribution is 6.33. The van der Waals surface area contributed by atoms with E-state index in [9.17, 15) is 0 Å². The normalized spacial score (nSPS) is 17.9. The predicted molar refractivity (Wildman–Crippen MR) is 77.6 cm³/mol. The summed E-state index contributed by atoms with van der Waals surface area (Å²) >= 11 is 6.12. The molecule has 1 aliphatic heterocycles. The number of hydrogen-bond donors (Lipinski definition) is 1. The standard InChI is InChI=1S/C15H15ClN2/c1-10-9-11-5-2-3-7-13(11)18(10)14-8-4-6-12(16)15(14)17/h2-8,10H,9,17H2,1H3. The van der Waals surface area contributed by atoms with Crippen LogP contribution in [0.4, 0.5) is 17.1 Å². The Kier molecular flexibility index (Phi) is 2.67. The molecule has 1 aliphatic rings. The molecular weight excluding hydrogens is 244 g/mol. The SMILES string of the molecule is CC1Cc2ccccc2N1c1cccc(Cl)c1N. The molecule has 2 aromatic carbocycles. The van der Waals surface area contributed by atoms with Gasteiger partial charge >= 0.3 is 0 Å². The van der Waals surface area contributed by atoms with Gasteiger partial charge in [0.1, 0.15) is 0 Å². The molecule has 3 rings (SSSR count). The Labute approximate surface area is 112 Å². The quantitative estimate of drug-likeness (QED) is 0.784. The Hall–Kier alpha value is -1.67. The summed E-state index contributed by atoms with van der Waals surface area (Å²) in [5.41, 5.74) is 10.4. The van der Waals surface area contributed by atoms with Gasteiger partial charge in [-0.2, -0.15) is 0 Å². The Balaban J connectivity index is 2.15. The largest absolute Gasteiger partial charge is 0.396 e. The third-order valence-corrected chi connectivity index (χ3v) is 3.83.